The lowest BCUT2D eigenvalue weighted by Gasteiger charge is -2.24. The normalized spacial score (nSPS) is 16.4. The van der Waals surface area contributed by atoms with Crippen molar-refractivity contribution in [3.63, 3.8) is 0 Å². The molecular weight excluding hydrogens is 394 g/mol. The highest BCUT2D eigenvalue weighted by molar-refractivity contribution is 5.92. The van der Waals surface area contributed by atoms with E-state index in [2.05, 4.69) is 15.1 Å². The van der Waals surface area contributed by atoms with E-state index in [1.165, 1.54) is 0 Å². The SMILES string of the molecule is Cc1nn(C)c(C)c1/C=C/C(=O)N(Cc1nc2ccccc2c(=O)[nH]1)CC1CCCO1. The summed E-state index contributed by atoms with van der Waals surface area (Å²) in [4.78, 5) is 34.6. The number of hydrogen-bond donors (Lipinski definition) is 1. The van der Waals surface area contributed by atoms with Crippen LogP contribution in [0.25, 0.3) is 17.0 Å². The Bertz CT molecular complexity index is 1190. The third-order valence-corrected chi connectivity index (χ3v) is 5.72. The Labute approximate surface area is 180 Å². The average Bonchev–Trinajstić information content (AvgIpc) is 3.34. The third kappa shape index (κ3) is 4.59. The lowest BCUT2D eigenvalue weighted by Crippen LogP contribution is -2.37. The number of nitrogens with zero attached hydrogens (tertiary/aromatic N) is 4. The van der Waals surface area contributed by atoms with Crippen LogP contribution in [0.15, 0.2) is 35.1 Å². The summed E-state index contributed by atoms with van der Waals surface area (Å²) in [6, 6.07) is 7.18. The van der Waals surface area contributed by atoms with Crippen LogP contribution in [-0.4, -0.2) is 49.8 Å². The van der Waals surface area contributed by atoms with Gasteiger partial charge in [0.25, 0.3) is 5.56 Å². The van der Waals surface area contributed by atoms with Crippen LogP contribution in [0.2, 0.25) is 0 Å². The second-order valence-electron chi connectivity index (χ2n) is 7.92. The number of rotatable bonds is 6. The lowest BCUT2D eigenvalue weighted by molar-refractivity contribution is -0.128. The van der Waals surface area contributed by atoms with Gasteiger partial charge in [-0.25, -0.2) is 4.98 Å². The monoisotopic (exact) mass is 421 g/mol. The van der Waals surface area contributed by atoms with Crippen LogP contribution in [0.3, 0.4) is 0 Å². The summed E-state index contributed by atoms with van der Waals surface area (Å²) in [5, 5.41) is 4.93. The van der Waals surface area contributed by atoms with Crippen molar-refractivity contribution >= 4 is 22.9 Å². The van der Waals surface area contributed by atoms with E-state index in [9.17, 15) is 9.59 Å². The number of nitrogens with one attached hydrogen (secondary N) is 1. The number of fused-ring (bicyclic) bond motifs is 1. The number of aromatic nitrogens is 4. The molecule has 0 spiro atoms. The van der Waals surface area contributed by atoms with Crippen LogP contribution in [0.5, 0.6) is 0 Å². The van der Waals surface area contributed by atoms with E-state index in [1.54, 1.807) is 39.9 Å². The lowest BCUT2D eigenvalue weighted by atomic mass is 10.1. The molecule has 4 rings (SSSR count). The molecule has 0 bridgehead atoms. The second-order valence-corrected chi connectivity index (χ2v) is 7.92. The number of carbonyl (C=O) groups is 1. The molecule has 2 aromatic heterocycles. The van der Waals surface area contributed by atoms with Gasteiger partial charge in [-0.2, -0.15) is 5.10 Å². The highest BCUT2D eigenvalue weighted by Gasteiger charge is 2.23. The molecule has 3 aromatic rings. The fourth-order valence-electron chi connectivity index (χ4n) is 3.95. The largest absolute Gasteiger partial charge is 0.376 e. The molecule has 162 valence electrons. The number of hydrogen-bond acceptors (Lipinski definition) is 5. The first kappa shape index (κ1) is 21.0. The van der Waals surface area contributed by atoms with Crippen molar-refractivity contribution in [2.24, 2.45) is 7.05 Å². The van der Waals surface area contributed by atoms with Crippen LogP contribution in [0.1, 0.15) is 35.6 Å². The maximum absolute atomic E-state index is 13.1. The average molecular weight is 422 g/mol. The first-order chi connectivity index (χ1) is 14.9. The molecule has 1 fully saturated rings. The zero-order valence-electron chi connectivity index (χ0n) is 18.1. The minimum Gasteiger partial charge on any atom is -0.376 e. The molecule has 0 radical (unpaired) electrons. The number of para-hydroxylation sites is 1. The topological polar surface area (TPSA) is 93.1 Å². The maximum atomic E-state index is 13.1. The minimum atomic E-state index is -0.206. The smallest absolute Gasteiger partial charge is 0.258 e. The fourth-order valence-corrected chi connectivity index (χ4v) is 3.95. The molecule has 0 saturated carbocycles. The van der Waals surface area contributed by atoms with Crippen molar-refractivity contribution in [2.75, 3.05) is 13.2 Å². The first-order valence-electron chi connectivity index (χ1n) is 10.5. The first-order valence-corrected chi connectivity index (χ1v) is 10.5. The van der Waals surface area contributed by atoms with Crippen molar-refractivity contribution in [1.82, 2.24) is 24.6 Å². The van der Waals surface area contributed by atoms with E-state index < -0.39 is 0 Å². The molecule has 1 aromatic carbocycles. The van der Waals surface area contributed by atoms with Crippen LogP contribution in [0, 0.1) is 13.8 Å². The van der Waals surface area contributed by atoms with Gasteiger partial charge in [-0.15, -0.1) is 0 Å². The summed E-state index contributed by atoms with van der Waals surface area (Å²) >= 11 is 0. The molecular formula is C23H27N5O3. The van der Waals surface area contributed by atoms with E-state index in [0.717, 1.165) is 29.8 Å². The van der Waals surface area contributed by atoms with E-state index >= 15 is 0 Å². The minimum absolute atomic E-state index is 0.00797. The van der Waals surface area contributed by atoms with E-state index in [4.69, 9.17) is 4.74 Å². The Morgan fingerprint density at radius 3 is 2.87 bits per heavy atom. The summed E-state index contributed by atoms with van der Waals surface area (Å²) in [6.45, 7) is 5.25. The van der Waals surface area contributed by atoms with Crippen LogP contribution >= 0.6 is 0 Å². The molecule has 8 heteroatoms. The predicted molar refractivity (Wildman–Crippen MR) is 118 cm³/mol. The number of ether oxygens (including phenoxy) is 1. The molecule has 8 nitrogen and oxygen atoms in total. The van der Waals surface area contributed by atoms with Gasteiger partial charge in [-0.05, 0) is 44.9 Å². The Morgan fingerprint density at radius 1 is 1.35 bits per heavy atom. The van der Waals surface area contributed by atoms with E-state index in [-0.39, 0.29) is 24.1 Å². The van der Waals surface area contributed by atoms with Gasteiger partial charge in [0.05, 0.1) is 29.2 Å². The summed E-state index contributed by atoms with van der Waals surface area (Å²) < 4.78 is 7.54. The second kappa shape index (κ2) is 8.85. The van der Waals surface area contributed by atoms with E-state index in [1.807, 2.05) is 27.0 Å². The van der Waals surface area contributed by atoms with Gasteiger partial charge in [0.1, 0.15) is 5.82 Å². The van der Waals surface area contributed by atoms with E-state index in [0.29, 0.717) is 29.9 Å². The summed E-state index contributed by atoms with van der Waals surface area (Å²) in [5.41, 5.74) is 3.21. The number of benzene rings is 1. The van der Waals surface area contributed by atoms with Crippen molar-refractivity contribution < 1.29 is 9.53 Å². The summed E-state index contributed by atoms with van der Waals surface area (Å²) in [5.74, 6) is 0.297. The summed E-state index contributed by atoms with van der Waals surface area (Å²) in [6.07, 6.45) is 5.26. The zero-order valence-corrected chi connectivity index (χ0v) is 18.1. The molecule has 1 atom stereocenters. The standard InChI is InChI=1S/C23H27N5O3/c1-15-18(16(2)27(3)26-15)10-11-22(29)28(13-17-7-6-12-31-17)14-21-24-20-9-5-4-8-19(20)23(30)25-21/h4-5,8-11,17H,6-7,12-14H2,1-3H3,(H,24,25,30)/b11-10+. The molecule has 1 saturated heterocycles. The van der Waals surface area contributed by atoms with Crippen molar-refractivity contribution in [2.45, 2.75) is 39.3 Å². The van der Waals surface area contributed by atoms with Gasteiger partial charge in [-0.1, -0.05) is 12.1 Å². The molecule has 0 aliphatic carbocycles. The Hall–Kier alpha value is -3.26. The molecule has 1 amide bonds. The fraction of sp³-hybridized carbons (Fsp3) is 0.391. The maximum Gasteiger partial charge on any atom is 0.258 e. The Morgan fingerprint density at radius 2 is 2.16 bits per heavy atom. The molecule has 1 N–H and O–H groups in total. The quantitative estimate of drug-likeness (QED) is 0.618. The molecule has 1 aliphatic heterocycles. The van der Waals surface area contributed by atoms with Gasteiger partial charge in [-0.3, -0.25) is 14.3 Å². The number of aryl methyl sites for hydroxylation is 2. The number of carbonyl (C=O) groups excluding carboxylic acids is 1. The van der Waals surface area contributed by atoms with Gasteiger partial charge in [0.15, 0.2) is 0 Å². The Balaban J connectivity index is 1.60. The van der Waals surface area contributed by atoms with Gasteiger partial charge in [0, 0.05) is 37.5 Å². The number of aromatic amines is 1. The van der Waals surface area contributed by atoms with Crippen molar-refractivity contribution in [1.29, 1.82) is 0 Å². The van der Waals surface area contributed by atoms with Crippen molar-refractivity contribution in [3.8, 4) is 0 Å². The summed E-state index contributed by atoms with van der Waals surface area (Å²) in [7, 11) is 1.88. The third-order valence-electron chi connectivity index (χ3n) is 5.72. The molecule has 3 heterocycles. The van der Waals surface area contributed by atoms with Crippen LogP contribution in [0.4, 0.5) is 0 Å². The van der Waals surface area contributed by atoms with Gasteiger partial charge >= 0.3 is 0 Å². The molecule has 1 aliphatic rings. The van der Waals surface area contributed by atoms with Gasteiger partial charge in [0.2, 0.25) is 5.91 Å². The zero-order chi connectivity index (χ0) is 22.0. The van der Waals surface area contributed by atoms with Crippen LogP contribution in [-0.2, 0) is 23.1 Å². The highest BCUT2D eigenvalue weighted by atomic mass is 16.5. The molecule has 1 unspecified atom stereocenters. The Kier molecular flexibility index (Phi) is 5.99. The highest BCUT2D eigenvalue weighted by Crippen LogP contribution is 2.17. The number of amides is 1. The molecule has 31 heavy (non-hydrogen) atoms. The van der Waals surface area contributed by atoms with Crippen molar-refractivity contribution in [3.05, 3.63) is 63.5 Å². The predicted octanol–water partition coefficient (Wildman–Crippen LogP) is 2.49. The van der Waals surface area contributed by atoms with Gasteiger partial charge < -0.3 is 14.6 Å². The van der Waals surface area contributed by atoms with Crippen LogP contribution < -0.4 is 5.56 Å². The number of H-pyrrole nitrogens is 1.